The molecule has 4 nitrogen and oxygen atoms in total. The van der Waals surface area contributed by atoms with Gasteiger partial charge in [-0.15, -0.1) is 6.58 Å². The molecule has 0 radical (unpaired) electrons. The zero-order chi connectivity index (χ0) is 17.7. The molecule has 2 N–H and O–H groups in total. The van der Waals surface area contributed by atoms with Gasteiger partial charge in [0.15, 0.2) is 0 Å². The van der Waals surface area contributed by atoms with Crippen LogP contribution in [0.2, 0.25) is 5.02 Å². The molecule has 2 aromatic rings. The minimum Gasteiger partial charge on any atom is -0.349 e. The first-order valence-electron chi connectivity index (χ1n) is 6.80. The number of amides is 1. The van der Waals surface area contributed by atoms with Crippen LogP contribution in [0.3, 0.4) is 0 Å². The molecule has 0 saturated carbocycles. The van der Waals surface area contributed by atoms with Crippen molar-refractivity contribution in [3.8, 4) is 0 Å². The Labute approximate surface area is 141 Å². The van der Waals surface area contributed by atoms with Gasteiger partial charge in [-0.05, 0) is 30.3 Å². The van der Waals surface area contributed by atoms with E-state index in [4.69, 9.17) is 11.6 Å². The molecule has 0 unspecified atom stereocenters. The van der Waals surface area contributed by atoms with Crippen LogP contribution in [0, 0.1) is 0 Å². The third-order valence-corrected chi connectivity index (χ3v) is 3.32. The summed E-state index contributed by atoms with van der Waals surface area (Å²) in [4.78, 5) is 15.7. The number of carbonyl (C=O) groups excluding carboxylic acids is 1. The molecule has 0 atom stereocenters. The maximum atomic E-state index is 12.7. The molecule has 0 fully saturated rings. The Morgan fingerprint density at radius 1 is 1.29 bits per heavy atom. The van der Waals surface area contributed by atoms with E-state index >= 15 is 0 Å². The minimum absolute atomic E-state index is 0.0721. The lowest BCUT2D eigenvalue weighted by Gasteiger charge is -2.12. The number of hydrogen-bond donors (Lipinski definition) is 2. The van der Waals surface area contributed by atoms with Gasteiger partial charge in [0.05, 0.1) is 21.8 Å². The van der Waals surface area contributed by atoms with Gasteiger partial charge in [0.2, 0.25) is 0 Å². The molecule has 24 heavy (non-hydrogen) atoms. The smallest absolute Gasteiger partial charge is 0.349 e. The SMILES string of the molecule is C=CCNC(=O)c1ccc(Nc2cc(C(F)(F)F)ccc2Cl)nc1. The Balaban J connectivity index is 2.17. The standard InChI is InChI=1S/C16H13ClF3N3O/c1-2-7-21-15(24)10-3-6-14(22-9-10)23-13-8-11(16(18,19)20)4-5-12(13)17/h2-6,8-9H,1,7H2,(H,21,24)(H,22,23). The monoisotopic (exact) mass is 355 g/mol. The summed E-state index contributed by atoms with van der Waals surface area (Å²) in [5.74, 6) is -0.0671. The first-order valence-corrected chi connectivity index (χ1v) is 7.18. The highest BCUT2D eigenvalue weighted by Gasteiger charge is 2.31. The number of benzene rings is 1. The molecular formula is C16H13ClF3N3O. The maximum Gasteiger partial charge on any atom is 0.416 e. The highest BCUT2D eigenvalue weighted by molar-refractivity contribution is 6.33. The summed E-state index contributed by atoms with van der Waals surface area (Å²) < 4.78 is 38.2. The average molecular weight is 356 g/mol. The van der Waals surface area contributed by atoms with Crippen LogP contribution in [0.15, 0.2) is 49.2 Å². The summed E-state index contributed by atoms with van der Waals surface area (Å²) in [5, 5.41) is 5.41. The van der Waals surface area contributed by atoms with Gasteiger partial charge in [0, 0.05) is 12.7 Å². The number of hydrogen-bond acceptors (Lipinski definition) is 3. The summed E-state index contributed by atoms with van der Waals surface area (Å²) in [6.45, 7) is 3.81. The molecule has 0 spiro atoms. The maximum absolute atomic E-state index is 12.7. The van der Waals surface area contributed by atoms with Crippen molar-refractivity contribution < 1.29 is 18.0 Å². The van der Waals surface area contributed by atoms with E-state index < -0.39 is 11.7 Å². The molecule has 1 amide bonds. The van der Waals surface area contributed by atoms with Crippen molar-refractivity contribution in [1.82, 2.24) is 10.3 Å². The lowest BCUT2D eigenvalue weighted by atomic mass is 10.2. The van der Waals surface area contributed by atoms with Crippen LogP contribution < -0.4 is 10.6 Å². The van der Waals surface area contributed by atoms with Gasteiger partial charge in [0.25, 0.3) is 5.91 Å². The zero-order valence-electron chi connectivity index (χ0n) is 12.3. The van der Waals surface area contributed by atoms with Crippen molar-refractivity contribution in [2.45, 2.75) is 6.18 Å². The highest BCUT2D eigenvalue weighted by atomic mass is 35.5. The van der Waals surface area contributed by atoms with Crippen LogP contribution in [0.1, 0.15) is 15.9 Å². The quantitative estimate of drug-likeness (QED) is 0.781. The van der Waals surface area contributed by atoms with Crippen LogP contribution in [-0.4, -0.2) is 17.4 Å². The third-order valence-electron chi connectivity index (χ3n) is 2.99. The molecule has 1 heterocycles. The highest BCUT2D eigenvalue weighted by Crippen LogP contribution is 2.34. The number of carbonyl (C=O) groups is 1. The fourth-order valence-electron chi connectivity index (χ4n) is 1.80. The number of rotatable bonds is 5. The van der Waals surface area contributed by atoms with Crippen molar-refractivity contribution in [2.24, 2.45) is 0 Å². The first-order chi connectivity index (χ1) is 11.3. The second-order valence-electron chi connectivity index (χ2n) is 4.75. The number of halogens is 4. The van der Waals surface area contributed by atoms with Crippen LogP contribution in [0.25, 0.3) is 0 Å². The summed E-state index contributed by atoms with van der Waals surface area (Å²) in [7, 11) is 0. The lowest BCUT2D eigenvalue weighted by Crippen LogP contribution is -2.23. The van der Waals surface area contributed by atoms with Crippen LogP contribution in [-0.2, 0) is 6.18 Å². The zero-order valence-corrected chi connectivity index (χ0v) is 13.1. The van der Waals surface area contributed by atoms with Gasteiger partial charge in [-0.25, -0.2) is 4.98 Å². The summed E-state index contributed by atoms with van der Waals surface area (Å²) in [5.41, 5.74) is -0.435. The molecule has 2 rings (SSSR count). The Kier molecular flexibility index (Phi) is 5.46. The van der Waals surface area contributed by atoms with E-state index in [1.54, 1.807) is 0 Å². The van der Waals surface area contributed by atoms with E-state index in [1.807, 2.05) is 0 Å². The van der Waals surface area contributed by atoms with Crippen molar-refractivity contribution >= 4 is 29.0 Å². The molecule has 0 saturated heterocycles. The molecule has 1 aromatic carbocycles. The van der Waals surface area contributed by atoms with Crippen molar-refractivity contribution in [2.75, 3.05) is 11.9 Å². The third kappa shape index (κ3) is 4.48. The van der Waals surface area contributed by atoms with E-state index in [0.29, 0.717) is 12.1 Å². The molecule has 0 bridgehead atoms. The predicted octanol–water partition coefficient (Wildman–Crippen LogP) is 4.41. The fourth-order valence-corrected chi connectivity index (χ4v) is 1.97. The molecule has 0 aliphatic carbocycles. The molecule has 126 valence electrons. The number of aromatic nitrogens is 1. The van der Waals surface area contributed by atoms with Gasteiger partial charge >= 0.3 is 6.18 Å². The van der Waals surface area contributed by atoms with Gasteiger partial charge in [-0.3, -0.25) is 4.79 Å². The number of alkyl halides is 3. The van der Waals surface area contributed by atoms with Crippen molar-refractivity contribution in [3.63, 3.8) is 0 Å². The first kappa shape index (κ1) is 17.8. The number of nitrogens with zero attached hydrogens (tertiary/aromatic N) is 1. The Morgan fingerprint density at radius 2 is 2.04 bits per heavy atom. The molecule has 8 heteroatoms. The Morgan fingerprint density at radius 3 is 2.62 bits per heavy atom. The Bertz CT molecular complexity index is 745. The number of anilines is 2. The molecular weight excluding hydrogens is 343 g/mol. The molecule has 0 aliphatic rings. The Hall–Kier alpha value is -2.54. The van der Waals surface area contributed by atoms with Gasteiger partial charge in [-0.2, -0.15) is 13.2 Å². The second-order valence-corrected chi connectivity index (χ2v) is 5.16. The summed E-state index contributed by atoms with van der Waals surface area (Å²) >= 11 is 5.90. The largest absolute Gasteiger partial charge is 0.416 e. The lowest BCUT2D eigenvalue weighted by molar-refractivity contribution is -0.137. The van der Waals surface area contributed by atoms with E-state index in [9.17, 15) is 18.0 Å². The molecule has 0 aliphatic heterocycles. The van der Waals surface area contributed by atoms with Crippen molar-refractivity contribution in [1.29, 1.82) is 0 Å². The fraction of sp³-hybridized carbons (Fsp3) is 0.125. The van der Waals surface area contributed by atoms with E-state index in [0.717, 1.165) is 18.2 Å². The number of pyridine rings is 1. The average Bonchev–Trinajstić information content (AvgIpc) is 2.54. The van der Waals surface area contributed by atoms with Crippen molar-refractivity contribution in [3.05, 3.63) is 65.3 Å². The predicted molar refractivity (Wildman–Crippen MR) is 86.5 cm³/mol. The van der Waals surface area contributed by atoms with Crippen LogP contribution in [0.5, 0.6) is 0 Å². The second kappa shape index (κ2) is 7.35. The minimum atomic E-state index is -4.47. The van der Waals surface area contributed by atoms with Gasteiger partial charge in [0.1, 0.15) is 5.82 Å². The van der Waals surface area contributed by atoms with E-state index in [-0.39, 0.29) is 22.4 Å². The molecule has 1 aromatic heterocycles. The normalized spacial score (nSPS) is 11.0. The van der Waals surface area contributed by atoms with Crippen LogP contribution in [0.4, 0.5) is 24.7 Å². The summed E-state index contributed by atoms with van der Waals surface area (Å²) in [6.07, 6.45) is -1.62. The topological polar surface area (TPSA) is 54.0 Å². The van der Waals surface area contributed by atoms with E-state index in [2.05, 4.69) is 22.2 Å². The number of nitrogens with one attached hydrogen (secondary N) is 2. The van der Waals surface area contributed by atoms with Gasteiger partial charge < -0.3 is 10.6 Å². The van der Waals surface area contributed by atoms with Gasteiger partial charge in [-0.1, -0.05) is 17.7 Å². The van der Waals surface area contributed by atoms with E-state index in [1.165, 1.54) is 24.4 Å². The van der Waals surface area contributed by atoms with Crippen LogP contribution >= 0.6 is 11.6 Å². The summed E-state index contributed by atoms with van der Waals surface area (Å²) in [6, 6.07) is 5.92.